The summed E-state index contributed by atoms with van der Waals surface area (Å²) in [5.41, 5.74) is 5.27. The van der Waals surface area contributed by atoms with Gasteiger partial charge in [0.05, 0.1) is 10.9 Å². The van der Waals surface area contributed by atoms with E-state index < -0.39 is 0 Å². The van der Waals surface area contributed by atoms with Gasteiger partial charge in [-0.05, 0) is 24.6 Å². The van der Waals surface area contributed by atoms with Crippen molar-refractivity contribution < 1.29 is 9.30 Å². The molecule has 4 aromatic heterocycles. The van der Waals surface area contributed by atoms with Gasteiger partial charge in [-0.25, -0.2) is 0 Å². The molecule has 5 heterocycles. The second-order valence-electron chi connectivity index (χ2n) is 7.37. The highest BCUT2D eigenvalue weighted by Crippen LogP contribution is 2.53. The van der Waals surface area contributed by atoms with Gasteiger partial charge in [0.2, 0.25) is 11.3 Å². The number of hydrogen-bond acceptors (Lipinski definition) is 3. The molecule has 0 saturated carbocycles. The number of fused-ring (bicyclic) bond motifs is 3. The minimum Gasteiger partial charge on any atom is -0.448 e. The second kappa shape index (κ2) is 5.08. The molecule has 0 aromatic carbocycles. The zero-order valence-corrected chi connectivity index (χ0v) is 16.8. The SMILES string of the molecule is Cc1sc2c3c(cn2C)Oc2c(CC(C)C)c4sccc4[n+](C)c2-c13. The van der Waals surface area contributed by atoms with Gasteiger partial charge in [0.25, 0.3) is 5.69 Å². The molecule has 0 aliphatic carbocycles. The van der Waals surface area contributed by atoms with Gasteiger partial charge in [-0.3, -0.25) is 0 Å². The average molecular weight is 370 g/mol. The molecule has 0 amide bonds. The molecular formula is C20H21N2OS2+. The maximum atomic E-state index is 6.55. The molecule has 0 saturated heterocycles. The van der Waals surface area contributed by atoms with E-state index in [4.69, 9.17) is 4.74 Å². The van der Waals surface area contributed by atoms with Gasteiger partial charge >= 0.3 is 0 Å². The summed E-state index contributed by atoms with van der Waals surface area (Å²) in [4.78, 5) is 2.66. The first kappa shape index (κ1) is 15.4. The number of aryl methyl sites for hydroxylation is 3. The van der Waals surface area contributed by atoms with Crippen molar-refractivity contribution in [3.63, 3.8) is 0 Å². The first-order valence-electron chi connectivity index (χ1n) is 8.66. The average Bonchev–Trinajstić information content (AvgIpc) is 3.23. The Kier molecular flexibility index (Phi) is 3.13. The van der Waals surface area contributed by atoms with Crippen molar-refractivity contribution in [2.24, 2.45) is 20.0 Å². The van der Waals surface area contributed by atoms with Crippen molar-refractivity contribution in [3.05, 3.63) is 28.1 Å². The Hall–Kier alpha value is -1.85. The van der Waals surface area contributed by atoms with Gasteiger partial charge in [0.15, 0.2) is 5.75 Å². The number of rotatable bonds is 2. The standard InChI is InChI=1S/C20H21N2OS2/c1-10(2)8-12-18-17(22(5)13-6-7-24-19(12)13)15-11(3)25-20-16(15)14(23-18)9-21(20)4/h6-7,9-10H,8H2,1-5H3/q+1. The summed E-state index contributed by atoms with van der Waals surface area (Å²) >= 11 is 3.69. The number of pyridine rings is 1. The molecule has 0 radical (unpaired) electrons. The molecule has 0 N–H and O–H groups in total. The number of nitrogens with zero attached hydrogens (tertiary/aromatic N) is 2. The molecule has 25 heavy (non-hydrogen) atoms. The van der Waals surface area contributed by atoms with E-state index in [1.807, 2.05) is 22.7 Å². The van der Waals surface area contributed by atoms with Crippen LogP contribution in [0.5, 0.6) is 11.5 Å². The minimum absolute atomic E-state index is 0.589. The van der Waals surface area contributed by atoms with E-state index in [2.05, 4.69) is 61.6 Å². The zero-order valence-electron chi connectivity index (χ0n) is 15.1. The fourth-order valence-electron chi connectivity index (χ4n) is 4.07. The zero-order chi connectivity index (χ0) is 17.5. The van der Waals surface area contributed by atoms with Gasteiger partial charge in [-0.1, -0.05) is 13.8 Å². The smallest absolute Gasteiger partial charge is 0.258 e. The predicted octanol–water partition coefficient (Wildman–Crippen LogP) is 5.56. The number of aromatic nitrogens is 2. The summed E-state index contributed by atoms with van der Waals surface area (Å²) in [6.45, 7) is 6.80. The number of ether oxygens (including phenoxy) is 1. The monoisotopic (exact) mass is 369 g/mol. The lowest BCUT2D eigenvalue weighted by molar-refractivity contribution is -0.633. The third-order valence-corrected chi connectivity index (χ3v) is 7.27. The molecule has 0 fully saturated rings. The van der Waals surface area contributed by atoms with Crippen LogP contribution in [0.3, 0.4) is 0 Å². The van der Waals surface area contributed by atoms with Crippen LogP contribution in [0.4, 0.5) is 0 Å². The van der Waals surface area contributed by atoms with Crippen LogP contribution in [0.25, 0.3) is 31.7 Å². The number of thiophene rings is 2. The molecule has 0 spiro atoms. The summed E-state index contributed by atoms with van der Waals surface area (Å²) < 4.78 is 12.4. The Labute approximate surface area is 155 Å². The molecule has 1 aliphatic rings. The van der Waals surface area contributed by atoms with Crippen LogP contribution in [0.1, 0.15) is 24.3 Å². The van der Waals surface area contributed by atoms with Crippen LogP contribution < -0.4 is 9.30 Å². The van der Waals surface area contributed by atoms with Crippen molar-refractivity contribution in [2.45, 2.75) is 27.2 Å². The highest BCUT2D eigenvalue weighted by Gasteiger charge is 2.36. The Morgan fingerprint density at radius 2 is 2.12 bits per heavy atom. The quantitative estimate of drug-likeness (QED) is 0.373. The Morgan fingerprint density at radius 1 is 1.32 bits per heavy atom. The summed E-state index contributed by atoms with van der Waals surface area (Å²) in [6, 6.07) is 2.24. The lowest BCUT2D eigenvalue weighted by atomic mass is 9.96. The maximum absolute atomic E-state index is 6.55. The summed E-state index contributed by atoms with van der Waals surface area (Å²) in [7, 11) is 4.28. The van der Waals surface area contributed by atoms with E-state index >= 15 is 0 Å². The summed E-state index contributed by atoms with van der Waals surface area (Å²) in [6.07, 6.45) is 3.17. The van der Waals surface area contributed by atoms with Gasteiger partial charge in [-0.2, -0.15) is 4.57 Å². The van der Waals surface area contributed by atoms with E-state index in [-0.39, 0.29) is 0 Å². The minimum atomic E-state index is 0.589. The molecule has 3 nitrogen and oxygen atoms in total. The third kappa shape index (κ3) is 1.94. The normalized spacial score (nSPS) is 13.0. The van der Waals surface area contributed by atoms with Crippen molar-refractivity contribution in [1.29, 1.82) is 0 Å². The van der Waals surface area contributed by atoms with Gasteiger partial charge < -0.3 is 9.30 Å². The molecule has 5 rings (SSSR count). The van der Waals surface area contributed by atoms with Crippen LogP contribution in [0, 0.1) is 12.8 Å². The molecule has 128 valence electrons. The van der Waals surface area contributed by atoms with Crippen LogP contribution >= 0.6 is 22.7 Å². The maximum Gasteiger partial charge on any atom is 0.258 e. The van der Waals surface area contributed by atoms with Crippen LogP contribution in [0.2, 0.25) is 0 Å². The third-order valence-electron chi connectivity index (χ3n) is 5.11. The van der Waals surface area contributed by atoms with E-state index in [0.29, 0.717) is 5.92 Å². The summed E-state index contributed by atoms with van der Waals surface area (Å²) in [5.74, 6) is 2.66. The number of hydrogen-bond donors (Lipinski definition) is 0. The van der Waals surface area contributed by atoms with E-state index in [9.17, 15) is 0 Å². The van der Waals surface area contributed by atoms with Crippen LogP contribution in [-0.4, -0.2) is 4.57 Å². The molecule has 0 bridgehead atoms. The Morgan fingerprint density at radius 3 is 2.88 bits per heavy atom. The van der Waals surface area contributed by atoms with Gasteiger partial charge in [0.1, 0.15) is 16.6 Å². The second-order valence-corrected chi connectivity index (χ2v) is 9.49. The molecule has 0 unspecified atom stereocenters. The van der Waals surface area contributed by atoms with Crippen molar-refractivity contribution in [3.8, 4) is 22.8 Å². The van der Waals surface area contributed by atoms with Crippen LogP contribution in [0.15, 0.2) is 17.6 Å². The van der Waals surface area contributed by atoms with E-state index in [1.54, 1.807) is 0 Å². The van der Waals surface area contributed by atoms with Crippen molar-refractivity contribution in [2.75, 3.05) is 0 Å². The van der Waals surface area contributed by atoms with Crippen molar-refractivity contribution >= 4 is 43.1 Å². The lowest BCUT2D eigenvalue weighted by Crippen LogP contribution is -2.33. The van der Waals surface area contributed by atoms with Gasteiger partial charge in [0, 0.05) is 29.8 Å². The topological polar surface area (TPSA) is 18.0 Å². The lowest BCUT2D eigenvalue weighted by Gasteiger charge is -2.19. The fraction of sp³-hybridized carbons (Fsp3) is 0.350. The molecular weight excluding hydrogens is 348 g/mol. The first-order chi connectivity index (χ1) is 12.0. The van der Waals surface area contributed by atoms with E-state index in [0.717, 1.165) is 17.9 Å². The molecule has 5 heteroatoms. The Bertz CT molecular complexity index is 1160. The van der Waals surface area contributed by atoms with Crippen molar-refractivity contribution in [1.82, 2.24) is 4.57 Å². The van der Waals surface area contributed by atoms with Gasteiger partial charge in [-0.15, -0.1) is 22.7 Å². The fourth-order valence-corrected chi connectivity index (χ4v) is 6.14. The first-order valence-corrected chi connectivity index (χ1v) is 10.4. The highest BCUT2D eigenvalue weighted by molar-refractivity contribution is 7.19. The van der Waals surface area contributed by atoms with Crippen LogP contribution in [-0.2, 0) is 20.5 Å². The van der Waals surface area contributed by atoms with E-state index in [1.165, 1.54) is 42.1 Å². The predicted molar refractivity (Wildman–Crippen MR) is 106 cm³/mol. The summed E-state index contributed by atoms with van der Waals surface area (Å²) in [5, 5.41) is 3.47. The molecule has 4 aromatic rings. The molecule has 1 aliphatic heterocycles. The Balaban J connectivity index is 1.96. The largest absolute Gasteiger partial charge is 0.448 e. The highest BCUT2D eigenvalue weighted by atomic mass is 32.1. The molecule has 0 atom stereocenters.